The van der Waals surface area contributed by atoms with E-state index in [1.54, 1.807) is 16.6 Å². The van der Waals surface area contributed by atoms with Crippen LogP contribution in [-0.4, -0.2) is 41.3 Å². The molecule has 2 aromatic heterocycles. The van der Waals surface area contributed by atoms with Crippen LogP contribution in [0.2, 0.25) is 0 Å². The highest BCUT2D eigenvalue weighted by molar-refractivity contribution is 9.10. The maximum absolute atomic E-state index is 12.2. The molecule has 0 radical (unpaired) electrons. The second-order valence-corrected chi connectivity index (χ2v) is 9.36. The van der Waals surface area contributed by atoms with Gasteiger partial charge in [0, 0.05) is 23.9 Å². The largest absolute Gasteiger partial charge is 0.395 e. The van der Waals surface area contributed by atoms with E-state index >= 15 is 0 Å². The molecule has 3 N–H and O–H groups in total. The Morgan fingerprint density at radius 3 is 2.48 bits per heavy atom. The SMILES string of the molecule is Cc1nn2c(Nc3ccc(S(=O)(=O)NCCO)cc3)cc(-c3ccccc3)nc2c1Br. The lowest BCUT2D eigenvalue weighted by molar-refractivity contribution is 0.301. The van der Waals surface area contributed by atoms with Gasteiger partial charge in [-0.25, -0.2) is 18.1 Å². The molecule has 0 bridgehead atoms. The van der Waals surface area contributed by atoms with Gasteiger partial charge in [0.05, 0.1) is 27.4 Å². The molecule has 0 aliphatic heterocycles. The van der Waals surface area contributed by atoms with Crippen molar-refractivity contribution in [1.82, 2.24) is 19.3 Å². The number of fused-ring (bicyclic) bond motifs is 1. The average molecular weight is 502 g/mol. The zero-order chi connectivity index (χ0) is 22.0. The molecular formula is C21H20BrN5O3S. The first-order valence-electron chi connectivity index (χ1n) is 9.48. The van der Waals surface area contributed by atoms with Gasteiger partial charge in [-0.05, 0) is 47.1 Å². The molecule has 0 saturated carbocycles. The summed E-state index contributed by atoms with van der Waals surface area (Å²) in [6.45, 7) is 1.59. The van der Waals surface area contributed by atoms with Crippen LogP contribution >= 0.6 is 15.9 Å². The van der Waals surface area contributed by atoms with Gasteiger partial charge in [0.15, 0.2) is 5.65 Å². The zero-order valence-corrected chi connectivity index (χ0v) is 19.0. The van der Waals surface area contributed by atoms with Gasteiger partial charge in [0.2, 0.25) is 10.0 Å². The number of aromatic nitrogens is 3. The minimum Gasteiger partial charge on any atom is -0.395 e. The summed E-state index contributed by atoms with van der Waals surface area (Å²) >= 11 is 3.56. The van der Waals surface area contributed by atoms with E-state index in [1.165, 1.54) is 12.1 Å². The van der Waals surface area contributed by atoms with Crippen LogP contribution in [0.5, 0.6) is 0 Å². The van der Waals surface area contributed by atoms with Crippen molar-refractivity contribution in [2.24, 2.45) is 0 Å². The van der Waals surface area contributed by atoms with Crippen molar-refractivity contribution >= 4 is 43.1 Å². The summed E-state index contributed by atoms with van der Waals surface area (Å²) in [6.07, 6.45) is 0. The third kappa shape index (κ3) is 4.47. The second-order valence-electron chi connectivity index (χ2n) is 6.80. The van der Waals surface area contributed by atoms with Crippen molar-refractivity contribution in [2.75, 3.05) is 18.5 Å². The predicted octanol–water partition coefficient (Wildman–Crippen LogP) is 3.48. The van der Waals surface area contributed by atoms with Crippen molar-refractivity contribution in [3.8, 4) is 11.3 Å². The molecule has 0 amide bonds. The van der Waals surface area contributed by atoms with Gasteiger partial charge in [0.1, 0.15) is 5.82 Å². The van der Waals surface area contributed by atoms with Gasteiger partial charge >= 0.3 is 0 Å². The number of sulfonamides is 1. The Bertz CT molecular complexity index is 1320. The molecule has 0 aliphatic carbocycles. The van der Waals surface area contributed by atoms with Crippen LogP contribution in [0.25, 0.3) is 16.9 Å². The fraction of sp³-hybridized carbons (Fsp3) is 0.143. The number of benzene rings is 2. The molecule has 2 heterocycles. The summed E-state index contributed by atoms with van der Waals surface area (Å²) in [5, 5.41) is 16.7. The topological polar surface area (TPSA) is 109 Å². The number of anilines is 2. The van der Waals surface area contributed by atoms with Crippen LogP contribution < -0.4 is 10.0 Å². The Kier molecular flexibility index (Phi) is 6.05. The van der Waals surface area contributed by atoms with E-state index in [0.717, 1.165) is 21.4 Å². The first-order valence-corrected chi connectivity index (χ1v) is 11.8. The van der Waals surface area contributed by atoms with Crippen molar-refractivity contribution in [3.05, 3.63) is 70.8 Å². The highest BCUT2D eigenvalue weighted by Crippen LogP contribution is 2.29. The van der Waals surface area contributed by atoms with Crippen molar-refractivity contribution in [1.29, 1.82) is 0 Å². The van der Waals surface area contributed by atoms with Gasteiger partial charge in [0.25, 0.3) is 0 Å². The number of aliphatic hydroxyl groups is 1. The summed E-state index contributed by atoms with van der Waals surface area (Å²) in [5.41, 5.74) is 3.92. The molecule has 31 heavy (non-hydrogen) atoms. The van der Waals surface area contributed by atoms with Gasteiger partial charge in [-0.1, -0.05) is 30.3 Å². The van der Waals surface area contributed by atoms with Crippen molar-refractivity contribution < 1.29 is 13.5 Å². The number of aryl methyl sites for hydroxylation is 1. The molecule has 2 aromatic carbocycles. The second kappa shape index (κ2) is 8.75. The summed E-state index contributed by atoms with van der Waals surface area (Å²) in [4.78, 5) is 4.87. The number of hydrogen-bond donors (Lipinski definition) is 3. The van der Waals surface area contributed by atoms with Gasteiger partial charge in [-0.2, -0.15) is 9.61 Å². The maximum atomic E-state index is 12.2. The fourth-order valence-corrected chi connectivity index (χ4v) is 4.43. The van der Waals surface area contributed by atoms with E-state index in [0.29, 0.717) is 17.2 Å². The minimum absolute atomic E-state index is 0.0346. The van der Waals surface area contributed by atoms with E-state index in [4.69, 9.17) is 10.1 Å². The number of nitrogens with zero attached hydrogens (tertiary/aromatic N) is 3. The minimum atomic E-state index is -3.66. The lowest BCUT2D eigenvalue weighted by atomic mass is 10.1. The zero-order valence-electron chi connectivity index (χ0n) is 16.6. The third-order valence-electron chi connectivity index (χ3n) is 4.60. The molecule has 0 aliphatic rings. The first-order chi connectivity index (χ1) is 14.9. The van der Waals surface area contributed by atoms with Crippen LogP contribution in [-0.2, 0) is 10.0 Å². The number of halogens is 1. The molecule has 0 spiro atoms. The molecule has 0 atom stereocenters. The fourth-order valence-electron chi connectivity index (χ4n) is 3.07. The van der Waals surface area contributed by atoms with E-state index in [-0.39, 0.29) is 18.0 Å². The van der Waals surface area contributed by atoms with Crippen LogP contribution in [0.3, 0.4) is 0 Å². The highest BCUT2D eigenvalue weighted by Gasteiger charge is 2.16. The molecule has 0 saturated heterocycles. The monoisotopic (exact) mass is 501 g/mol. The molecule has 10 heteroatoms. The third-order valence-corrected chi connectivity index (χ3v) is 7.01. The van der Waals surface area contributed by atoms with Crippen LogP contribution in [0.15, 0.2) is 70.0 Å². The van der Waals surface area contributed by atoms with E-state index in [9.17, 15) is 8.42 Å². The lowest BCUT2D eigenvalue weighted by Gasteiger charge is -2.12. The molecule has 4 aromatic rings. The number of rotatable bonds is 7. The number of aliphatic hydroxyl groups excluding tert-OH is 1. The maximum Gasteiger partial charge on any atom is 0.240 e. The molecule has 0 unspecified atom stereocenters. The quantitative estimate of drug-likeness (QED) is 0.357. The van der Waals surface area contributed by atoms with E-state index in [2.05, 4.69) is 31.1 Å². The summed E-state index contributed by atoms with van der Waals surface area (Å²) in [6, 6.07) is 18.1. The van der Waals surface area contributed by atoms with Crippen molar-refractivity contribution in [2.45, 2.75) is 11.8 Å². The average Bonchev–Trinajstić information content (AvgIpc) is 3.07. The molecule has 4 rings (SSSR count). The predicted molar refractivity (Wildman–Crippen MR) is 123 cm³/mol. The van der Waals surface area contributed by atoms with Crippen LogP contribution in [0, 0.1) is 6.92 Å². The first kappa shape index (κ1) is 21.4. The Balaban J connectivity index is 1.72. The Hall–Kier alpha value is -2.79. The number of nitrogens with one attached hydrogen (secondary N) is 2. The highest BCUT2D eigenvalue weighted by atomic mass is 79.9. The van der Waals surface area contributed by atoms with E-state index in [1.807, 2.05) is 43.3 Å². The normalized spacial score (nSPS) is 11.7. The van der Waals surface area contributed by atoms with Crippen LogP contribution in [0.1, 0.15) is 5.69 Å². The van der Waals surface area contributed by atoms with Crippen molar-refractivity contribution in [3.63, 3.8) is 0 Å². The van der Waals surface area contributed by atoms with Gasteiger partial charge < -0.3 is 10.4 Å². The summed E-state index contributed by atoms with van der Waals surface area (Å²) < 4.78 is 29.3. The molecule has 0 fully saturated rings. The van der Waals surface area contributed by atoms with E-state index < -0.39 is 10.0 Å². The molecule has 8 nitrogen and oxygen atoms in total. The van der Waals surface area contributed by atoms with Gasteiger partial charge in [-0.3, -0.25) is 0 Å². The Morgan fingerprint density at radius 2 is 1.81 bits per heavy atom. The molecular weight excluding hydrogens is 482 g/mol. The summed E-state index contributed by atoms with van der Waals surface area (Å²) in [7, 11) is -3.66. The lowest BCUT2D eigenvalue weighted by Crippen LogP contribution is -2.26. The number of hydrogen-bond acceptors (Lipinski definition) is 6. The molecule has 160 valence electrons. The smallest absolute Gasteiger partial charge is 0.240 e. The Labute approximate surface area is 188 Å². The Morgan fingerprint density at radius 1 is 1.10 bits per heavy atom. The van der Waals surface area contributed by atoms with Crippen LogP contribution in [0.4, 0.5) is 11.5 Å². The van der Waals surface area contributed by atoms with Gasteiger partial charge in [-0.15, -0.1) is 0 Å². The summed E-state index contributed by atoms with van der Waals surface area (Å²) in [5.74, 6) is 0.687. The standard InChI is InChI=1S/C21H20BrN5O3S/c1-14-20(22)21-25-18(15-5-3-2-4-6-15)13-19(27(21)26-14)24-16-7-9-17(10-8-16)31(29,30)23-11-12-28/h2-10,13,23-24,28H,11-12H2,1H3.